The molecule has 0 saturated carbocycles. The van der Waals surface area contributed by atoms with Crippen LogP contribution in [0.2, 0.25) is 0 Å². The highest BCUT2D eigenvalue weighted by molar-refractivity contribution is 5.92. The van der Waals surface area contributed by atoms with Gasteiger partial charge in [-0.05, 0) is 36.0 Å². The molecule has 2 aromatic rings. The van der Waals surface area contributed by atoms with E-state index in [9.17, 15) is 18.0 Å². The van der Waals surface area contributed by atoms with Gasteiger partial charge in [-0.25, -0.2) is 9.78 Å². The number of hydrogen-bond acceptors (Lipinski definition) is 6. The first kappa shape index (κ1) is 24.4. The van der Waals surface area contributed by atoms with Gasteiger partial charge < -0.3 is 14.7 Å². The predicted molar refractivity (Wildman–Crippen MR) is 111 cm³/mol. The van der Waals surface area contributed by atoms with Crippen LogP contribution in [0.4, 0.5) is 13.2 Å². The van der Waals surface area contributed by atoms with Crippen molar-refractivity contribution in [2.75, 3.05) is 33.3 Å². The molecule has 2 fully saturated rings. The van der Waals surface area contributed by atoms with Crippen molar-refractivity contribution in [1.29, 1.82) is 0 Å². The second-order valence-corrected chi connectivity index (χ2v) is 8.00. The average molecular weight is 466 g/mol. The quantitative estimate of drug-likeness (QED) is 0.740. The van der Waals surface area contributed by atoms with Crippen LogP contribution < -0.4 is 4.74 Å². The number of methoxy groups -OCH3 is 1. The van der Waals surface area contributed by atoms with Crippen molar-refractivity contribution in [3.8, 4) is 5.75 Å². The number of likely N-dealkylation sites (tertiary alicyclic amines) is 2. The SMILES string of the molecule is COc1ccc(CN2C[C@H]3CCN(C(=O)c4cnccn4)C[C@H]3C2)cc1.O=C(O)C(F)(F)F. The maximum absolute atomic E-state index is 12.6. The average Bonchev–Trinajstić information content (AvgIpc) is 3.21. The first-order valence-electron chi connectivity index (χ1n) is 10.4. The van der Waals surface area contributed by atoms with E-state index in [0.717, 1.165) is 44.9 Å². The number of carbonyl (C=O) groups excluding carboxylic acids is 1. The zero-order chi connectivity index (χ0) is 24.0. The molecule has 1 aromatic heterocycles. The number of rotatable bonds is 4. The lowest BCUT2D eigenvalue weighted by atomic mass is 9.88. The predicted octanol–water partition coefficient (Wildman–Crippen LogP) is 2.71. The third-order valence-corrected chi connectivity index (χ3v) is 5.75. The highest BCUT2D eigenvalue weighted by atomic mass is 19.4. The summed E-state index contributed by atoms with van der Waals surface area (Å²) < 4.78 is 37.0. The van der Waals surface area contributed by atoms with Crippen molar-refractivity contribution in [2.45, 2.75) is 19.1 Å². The van der Waals surface area contributed by atoms with Crippen LogP contribution in [0.1, 0.15) is 22.5 Å². The van der Waals surface area contributed by atoms with Crippen LogP contribution in [0.5, 0.6) is 5.75 Å². The standard InChI is InChI=1S/C20H24N4O2.C2HF3O2/c1-26-18-4-2-15(3-5-18)11-23-12-16-6-9-24(14-17(16)13-23)20(25)19-10-21-7-8-22-19;3-2(4,5)1(6)7/h2-5,7-8,10,16-17H,6,9,11-14H2,1H3;(H,6,7)/t16-,17-;/m1./s1. The zero-order valence-corrected chi connectivity index (χ0v) is 18.0. The maximum Gasteiger partial charge on any atom is 0.490 e. The molecule has 2 aliphatic heterocycles. The fourth-order valence-corrected chi connectivity index (χ4v) is 4.14. The summed E-state index contributed by atoms with van der Waals surface area (Å²) in [6.45, 7) is 4.74. The van der Waals surface area contributed by atoms with Crippen LogP contribution in [0.3, 0.4) is 0 Å². The number of fused-ring (bicyclic) bond motifs is 1. The molecule has 8 nitrogen and oxygen atoms in total. The number of halogens is 3. The van der Waals surface area contributed by atoms with E-state index in [1.54, 1.807) is 25.7 Å². The van der Waals surface area contributed by atoms with E-state index >= 15 is 0 Å². The van der Waals surface area contributed by atoms with Gasteiger partial charge in [0, 0.05) is 45.1 Å². The molecule has 2 aliphatic rings. The summed E-state index contributed by atoms with van der Waals surface area (Å²) >= 11 is 0. The van der Waals surface area contributed by atoms with Crippen molar-refractivity contribution < 1.29 is 32.6 Å². The largest absolute Gasteiger partial charge is 0.497 e. The van der Waals surface area contributed by atoms with Gasteiger partial charge in [-0.3, -0.25) is 14.7 Å². The molecule has 2 atom stereocenters. The van der Waals surface area contributed by atoms with Crippen molar-refractivity contribution >= 4 is 11.9 Å². The highest BCUT2D eigenvalue weighted by Crippen LogP contribution is 2.32. The molecular weight excluding hydrogens is 441 g/mol. The third-order valence-electron chi connectivity index (χ3n) is 5.75. The maximum atomic E-state index is 12.6. The van der Waals surface area contributed by atoms with Crippen LogP contribution in [-0.2, 0) is 11.3 Å². The Bertz CT molecular complexity index is 941. The Morgan fingerprint density at radius 1 is 1.12 bits per heavy atom. The van der Waals surface area contributed by atoms with Gasteiger partial charge >= 0.3 is 12.1 Å². The minimum atomic E-state index is -5.08. The lowest BCUT2D eigenvalue weighted by Gasteiger charge is -2.34. The van der Waals surface area contributed by atoms with Gasteiger partial charge in [0.25, 0.3) is 5.91 Å². The van der Waals surface area contributed by atoms with Crippen molar-refractivity contribution in [2.24, 2.45) is 11.8 Å². The molecule has 0 bridgehead atoms. The summed E-state index contributed by atoms with van der Waals surface area (Å²) in [6.07, 6.45) is 0.706. The minimum absolute atomic E-state index is 0.00477. The number of carboxylic acids is 1. The molecule has 3 heterocycles. The summed E-state index contributed by atoms with van der Waals surface area (Å²) in [7, 11) is 1.69. The summed E-state index contributed by atoms with van der Waals surface area (Å²) in [5.74, 6) is -0.638. The number of benzene rings is 1. The van der Waals surface area contributed by atoms with Crippen LogP contribution in [-0.4, -0.2) is 76.2 Å². The topological polar surface area (TPSA) is 95.9 Å². The normalized spacial score (nSPS) is 20.4. The number of nitrogens with zero attached hydrogens (tertiary/aromatic N) is 4. The van der Waals surface area contributed by atoms with Crippen LogP contribution in [0.25, 0.3) is 0 Å². The Morgan fingerprint density at radius 2 is 1.79 bits per heavy atom. The number of alkyl halides is 3. The zero-order valence-electron chi connectivity index (χ0n) is 18.0. The number of piperidine rings is 1. The van der Waals surface area contributed by atoms with E-state index in [1.165, 1.54) is 5.56 Å². The van der Waals surface area contributed by atoms with Gasteiger partial charge in [0.1, 0.15) is 11.4 Å². The smallest absolute Gasteiger partial charge is 0.490 e. The molecule has 1 aromatic carbocycles. The number of aromatic nitrogens is 2. The van der Waals surface area contributed by atoms with E-state index in [1.807, 2.05) is 17.0 Å². The first-order chi connectivity index (χ1) is 15.7. The highest BCUT2D eigenvalue weighted by Gasteiger charge is 2.39. The lowest BCUT2D eigenvalue weighted by molar-refractivity contribution is -0.192. The summed E-state index contributed by atoms with van der Waals surface area (Å²) in [5.41, 5.74) is 1.75. The van der Waals surface area contributed by atoms with Crippen LogP contribution in [0, 0.1) is 11.8 Å². The minimum Gasteiger partial charge on any atom is -0.497 e. The number of hydrogen-bond donors (Lipinski definition) is 1. The number of carboxylic acid groups (broad SMARTS) is 1. The molecule has 1 N–H and O–H groups in total. The van der Waals surface area contributed by atoms with Gasteiger partial charge in [0.05, 0.1) is 13.3 Å². The summed E-state index contributed by atoms with van der Waals surface area (Å²) in [4.78, 5) is 34.1. The second-order valence-electron chi connectivity index (χ2n) is 8.00. The molecule has 0 aliphatic carbocycles. The Morgan fingerprint density at radius 3 is 2.36 bits per heavy atom. The van der Waals surface area contributed by atoms with Gasteiger partial charge in [-0.2, -0.15) is 13.2 Å². The number of carbonyl (C=O) groups is 2. The lowest BCUT2D eigenvalue weighted by Crippen LogP contribution is -2.43. The monoisotopic (exact) mass is 466 g/mol. The Hall–Kier alpha value is -3.21. The molecule has 178 valence electrons. The molecule has 0 radical (unpaired) electrons. The van der Waals surface area contributed by atoms with Crippen molar-refractivity contribution in [3.63, 3.8) is 0 Å². The van der Waals surface area contributed by atoms with Gasteiger partial charge in [-0.15, -0.1) is 0 Å². The Labute approximate surface area is 189 Å². The molecule has 2 saturated heterocycles. The summed E-state index contributed by atoms with van der Waals surface area (Å²) in [5, 5.41) is 7.12. The van der Waals surface area contributed by atoms with Crippen LogP contribution in [0.15, 0.2) is 42.9 Å². The Balaban J connectivity index is 0.000000383. The second kappa shape index (κ2) is 10.6. The summed E-state index contributed by atoms with van der Waals surface area (Å²) in [6, 6.07) is 8.29. The molecule has 0 unspecified atom stereocenters. The molecular formula is C22H25F3N4O4. The van der Waals surface area contributed by atoms with Crippen LogP contribution >= 0.6 is 0 Å². The molecule has 1 amide bonds. The van der Waals surface area contributed by atoms with E-state index in [2.05, 4.69) is 27.0 Å². The van der Waals surface area contributed by atoms with E-state index < -0.39 is 12.1 Å². The number of aliphatic carboxylic acids is 1. The molecule has 33 heavy (non-hydrogen) atoms. The van der Waals surface area contributed by atoms with E-state index in [0.29, 0.717) is 17.5 Å². The fourth-order valence-electron chi connectivity index (χ4n) is 4.14. The van der Waals surface area contributed by atoms with Crippen molar-refractivity contribution in [3.05, 3.63) is 54.1 Å². The Kier molecular flexibility index (Phi) is 7.85. The van der Waals surface area contributed by atoms with Gasteiger partial charge in [0.15, 0.2) is 0 Å². The van der Waals surface area contributed by atoms with Crippen molar-refractivity contribution in [1.82, 2.24) is 19.8 Å². The number of ether oxygens (including phenoxy) is 1. The van der Waals surface area contributed by atoms with Gasteiger partial charge in [0.2, 0.25) is 0 Å². The molecule has 0 spiro atoms. The fraction of sp³-hybridized carbons (Fsp3) is 0.455. The van der Waals surface area contributed by atoms with E-state index in [-0.39, 0.29) is 5.91 Å². The van der Waals surface area contributed by atoms with E-state index in [4.69, 9.17) is 14.6 Å². The third kappa shape index (κ3) is 6.64. The number of amides is 1. The first-order valence-corrected chi connectivity index (χ1v) is 10.4. The van der Waals surface area contributed by atoms with Gasteiger partial charge in [-0.1, -0.05) is 12.1 Å². The molecule has 11 heteroatoms. The molecule has 4 rings (SSSR count).